The number of hydrogen-bond donors (Lipinski definition) is 1. The van der Waals surface area contributed by atoms with E-state index in [1.54, 1.807) is 17.9 Å². The number of amides is 1. The van der Waals surface area contributed by atoms with E-state index in [2.05, 4.69) is 15.3 Å². The Morgan fingerprint density at radius 1 is 1.22 bits per heavy atom. The topological polar surface area (TPSA) is 59.8 Å². The van der Waals surface area contributed by atoms with Crippen LogP contribution in [0.5, 0.6) is 0 Å². The van der Waals surface area contributed by atoms with E-state index in [0.29, 0.717) is 22.8 Å². The summed E-state index contributed by atoms with van der Waals surface area (Å²) in [5, 5.41) is 5.17. The number of thiazole rings is 1. The summed E-state index contributed by atoms with van der Waals surface area (Å²) >= 11 is 1.30. The highest BCUT2D eigenvalue weighted by Gasteiger charge is 2.30. The maximum atomic E-state index is 12.6. The van der Waals surface area contributed by atoms with Crippen molar-refractivity contribution in [3.05, 3.63) is 59.6 Å². The van der Waals surface area contributed by atoms with Crippen molar-refractivity contribution >= 4 is 17.2 Å². The van der Waals surface area contributed by atoms with Crippen LogP contribution < -0.4 is 5.32 Å². The van der Waals surface area contributed by atoms with Crippen LogP contribution in [0.4, 0.5) is 13.2 Å². The number of carbonyl (C=O) groups is 1. The van der Waals surface area contributed by atoms with E-state index in [1.165, 1.54) is 23.5 Å². The number of hydrogen-bond acceptors (Lipinski definition) is 4. The van der Waals surface area contributed by atoms with E-state index in [9.17, 15) is 18.0 Å². The van der Waals surface area contributed by atoms with E-state index in [1.807, 2.05) is 10.8 Å². The summed E-state index contributed by atoms with van der Waals surface area (Å²) in [5.74, 6) is -0.134. The van der Waals surface area contributed by atoms with Crippen molar-refractivity contribution in [1.82, 2.24) is 19.9 Å². The van der Waals surface area contributed by atoms with Gasteiger partial charge < -0.3 is 9.88 Å². The molecule has 142 valence electrons. The Morgan fingerprint density at radius 3 is 2.67 bits per heavy atom. The molecule has 1 amide bonds. The second-order valence-electron chi connectivity index (χ2n) is 5.90. The van der Waals surface area contributed by atoms with Crippen molar-refractivity contribution in [2.24, 2.45) is 0 Å². The number of rotatable bonds is 7. The van der Waals surface area contributed by atoms with Gasteiger partial charge in [-0.05, 0) is 18.6 Å². The molecular formula is C18H17F3N4OS. The third kappa shape index (κ3) is 5.40. The largest absolute Gasteiger partial charge is 0.416 e. The molecule has 0 unspecified atom stereocenters. The third-order valence-electron chi connectivity index (χ3n) is 3.83. The lowest BCUT2D eigenvalue weighted by molar-refractivity contribution is -0.137. The molecule has 27 heavy (non-hydrogen) atoms. The van der Waals surface area contributed by atoms with Crippen LogP contribution in [-0.4, -0.2) is 27.0 Å². The van der Waals surface area contributed by atoms with Crippen molar-refractivity contribution in [3.63, 3.8) is 0 Å². The van der Waals surface area contributed by atoms with Gasteiger partial charge in [0.25, 0.3) is 0 Å². The fraction of sp³-hybridized carbons (Fsp3) is 0.278. The SMILES string of the molecule is O=C(Cc1csc(-c2ccc(C(F)(F)F)cc2)n1)NCCCn1ccnc1. The molecule has 0 saturated carbocycles. The molecule has 1 N–H and O–H groups in total. The highest BCUT2D eigenvalue weighted by atomic mass is 32.1. The predicted octanol–water partition coefficient (Wildman–Crippen LogP) is 3.77. The molecular weight excluding hydrogens is 377 g/mol. The molecule has 0 atom stereocenters. The zero-order chi connectivity index (χ0) is 19.3. The molecule has 2 heterocycles. The maximum Gasteiger partial charge on any atom is 0.416 e. The molecule has 0 bridgehead atoms. The molecule has 9 heteroatoms. The number of benzene rings is 1. The summed E-state index contributed by atoms with van der Waals surface area (Å²) in [5.41, 5.74) is 0.500. The number of aromatic nitrogens is 3. The minimum absolute atomic E-state index is 0.134. The highest BCUT2D eigenvalue weighted by molar-refractivity contribution is 7.13. The van der Waals surface area contributed by atoms with Crippen LogP contribution >= 0.6 is 11.3 Å². The average Bonchev–Trinajstić information content (AvgIpc) is 3.30. The molecule has 0 spiro atoms. The first-order valence-corrected chi connectivity index (χ1v) is 9.14. The van der Waals surface area contributed by atoms with Crippen LogP contribution in [0, 0.1) is 0 Å². The summed E-state index contributed by atoms with van der Waals surface area (Å²) in [4.78, 5) is 20.3. The highest BCUT2D eigenvalue weighted by Crippen LogP contribution is 2.31. The number of halogens is 3. The monoisotopic (exact) mass is 394 g/mol. The van der Waals surface area contributed by atoms with Gasteiger partial charge in [-0.2, -0.15) is 13.2 Å². The number of alkyl halides is 3. The minimum atomic E-state index is -4.36. The Kier molecular flexibility index (Phi) is 5.90. The minimum Gasteiger partial charge on any atom is -0.356 e. The molecule has 2 aromatic heterocycles. The van der Waals surface area contributed by atoms with Gasteiger partial charge in [0.15, 0.2) is 0 Å². The lowest BCUT2D eigenvalue weighted by Crippen LogP contribution is -2.26. The van der Waals surface area contributed by atoms with Gasteiger partial charge in [-0.3, -0.25) is 4.79 Å². The van der Waals surface area contributed by atoms with Gasteiger partial charge in [-0.15, -0.1) is 11.3 Å². The molecule has 3 aromatic rings. The molecule has 0 radical (unpaired) electrons. The van der Waals surface area contributed by atoms with Crippen molar-refractivity contribution in [2.45, 2.75) is 25.6 Å². The Morgan fingerprint density at radius 2 is 2.00 bits per heavy atom. The molecule has 3 rings (SSSR count). The second-order valence-corrected chi connectivity index (χ2v) is 6.76. The van der Waals surface area contributed by atoms with Crippen molar-refractivity contribution < 1.29 is 18.0 Å². The van der Waals surface area contributed by atoms with Crippen LogP contribution in [0.15, 0.2) is 48.4 Å². The van der Waals surface area contributed by atoms with Gasteiger partial charge in [0.05, 0.1) is 24.0 Å². The van der Waals surface area contributed by atoms with Gasteiger partial charge in [0.2, 0.25) is 5.91 Å². The van der Waals surface area contributed by atoms with Crippen molar-refractivity contribution in [1.29, 1.82) is 0 Å². The second kappa shape index (κ2) is 8.34. The molecule has 0 aliphatic carbocycles. The molecule has 1 aromatic carbocycles. The molecule has 5 nitrogen and oxygen atoms in total. The molecule has 0 fully saturated rings. The summed E-state index contributed by atoms with van der Waals surface area (Å²) in [6.45, 7) is 1.32. The quantitative estimate of drug-likeness (QED) is 0.621. The summed E-state index contributed by atoms with van der Waals surface area (Å²) in [6, 6.07) is 4.84. The lowest BCUT2D eigenvalue weighted by atomic mass is 10.1. The van der Waals surface area contributed by atoms with E-state index < -0.39 is 11.7 Å². The smallest absolute Gasteiger partial charge is 0.356 e. The zero-order valence-electron chi connectivity index (χ0n) is 14.2. The fourth-order valence-corrected chi connectivity index (χ4v) is 3.28. The van der Waals surface area contributed by atoms with Crippen LogP contribution in [0.1, 0.15) is 17.7 Å². The third-order valence-corrected chi connectivity index (χ3v) is 4.77. The van der Waals surface area contributed by atoms with E-state index in [0.717, 1.165) is 25.1 Å². The first kappa shape index (κ1) is 19.1. The Balaban J connectivity index is 1.49. The predicted molar refractivity (Wildman–Crippen MR) is 96.1 cm³/mol. The number of nitrogens with one attached hydrogen (secondary N) is 1. The van der Waals surface area contributed by atoms with Gasteiger partial charge in [0.1, 0.15) is 5.01 Å². The van der Waals surface area contributed by atoms with Gasteiger partial charge >= 0.3 is 6.18 Å². The molecule has 0 aliphatic heterocycles. The number of imidazole rings is 1. The average molecular weight is 394 g/mol. The number of nitrogens with zero attached hydrogens (tertiary/aromatic N) is 3. The number of aryl methyl sites for hydroxylation is 1. The maximum absolute atomic E-state index is 12.6. The first-order valence-electron chi connectivity index (χ1n) is 8.26. The lowest BCUT2D eigenvalue weighted by Gasteiger charge is -2.06. The van der Waals surface area contributed by atoms with Crippen molar-refractivity contribution in [2.75, 3.05) is 6.54 Å². The normalized spacial score (nSPS) is 11.5. The van der Waals surface area contributed by atoms with Crippen molar-refractivity contribution in [3.8, 4) is 10.6 Å². The Hall–Kier alpha value is -2.68. The van der Waals surface area contributed by atoms with Gasteiger partial charge in [-0.1, -0.05) is 12.1 Å². The van der Waals surface area contributed by atoms with Gasteiger partial charge in [-0.25, -0.2) is 9.97 Å². The Labute approximate surface area is 157 Å². The van der Waals surface area contributed by atoms with Crippen LogP contribution in [0.2, 0.25) is 0 Å². The standard InChI is InChI=1S/C18H17F3N4OS/c19-18(20,21)14-4-2-13(3-5-14)17-24-15(11-27-17)10-16(26)23-6-1-8-25-9-7-22-12-25/h2-5,7,9,11-12H,1,6,8,10H2,(H,23,26). The summed E-state index contributed by atoms with van der Waals surface area (Å²) in [6.07, 6.45) is 1.86. The zero-order valence-corrected chi connectivity index (χ0v) is 15.1. The van der Waals surface area contributed by atoms with Gasteiger partial charge in [0, 0.05) is 36.4 Å². The first-order chi connectivity index (χ1) is 12.9. The van der Waals surface area contributed by atoms with E-state index in [-0.39, 0.29) is 12.3 Å². The van der Waals surface area contributed by atoms with E-state index >= 15 is 0 Å². The van der Waals surface area contributed by atoms with E-state index in [4.69, 9.17) is 0 Å². The number of carbonyl (C=O) groups excluding carboxylic acids is 1. The summed E-state index contributed by atoms with van der Waals surface area (Å²) in [7, 11) is 0. The molecule has 0 saturated heterocycles. The Bertz CT molecular complexity index is 873. The molecule has 0 aliphatic rings. The van der Waals surface area contributed by atoms with Crippen LogP contribution in [0.3, 0.4) is 0 Å². The summed E-state index contributed by atoms with van der Waals surface area (Å²) < 4.78 is 39.8. The fourth-order valence-electron chi connectivity index (χ4n) is 2.46. The van der Waals surface area contributed by atoms with Crippen LogP contribution in [-0.2, 0) is 23.9 Å². The van der Waals surface area contributed by atoms with Crippen LogP contribution in [0.25, 0.3) is 10.6 Å².